The lowest BCUT2D eigenvalue weighted by atomic mass is 10.1. The summed E-state index contributed by atoms with van der Waals surface area (Å²) in [4.78, 5) is 1.97. The minimum absolute atomic E-state index is 0.186. The van der Waals surface area contributed by atoms with Crippen molar-refractivity contribution in [3.63, 3.8) is 0 Å². The normalized spacial score (nSPS) is 14.9. The van der Waals surface area contributed by atoms with E-state index in [0.29, 0.717) is 13.1 Å². The number of nitrogens with zero attached hydrogens (tertiary/aromatic N) is 1. The Morgan fingerprint density at radius 3 is 2.71 bits per heavy atom. The first-order valence-corrected chi connectivity index (χ1v) is 6.18. The highest BCUT2D eigenvalue weighted by Crippen LogP contribution is 2.17. The summed E-state index contributed by atoms with van der Waals surface area (Å²) < 4.78 is 0. The first-order chi connectivity index (χ1) is 7.99. The monoisotopic (exact) mass is 256 g/mol. The first-order valence-electron chi connectivity index (χ1n) is 5.80. The van der Waals surface area contributed by atoms with Crippen molar-refractivity contribution in [3.05, 3.63) is 34.9 Å². The van der Waals surface area contributed by atoms with Crippen LogP contribution in [0.5, 0.6) is 0 Å². The third-order valence-corrected chi connectivity index (χ3v) is 2.82. The maximum atomic E-state index is 9.74. The molecule has 0 radical (unpaired) electrons. The number of halogens is 1. The topological polar surface area (TPSA) is 35.5 Å². The van der Waals surface area contributed by atoms with Crippen LogP contribution >= 0.6 is 11.6 Å². The predicted octanol–water partition coefficient (Wildman–Crippen LogP) is 1.91. The summed E-state index contributed by atoms with van der Waals surface area (Å²) in [5.41, 5.74) is 1.13. The van der Waals surface area contributed by atoms with Crippen LogP contribution < -0.4 is 5.32 Å². The van der Waals surface area contributed by atoms with Crippen molar-refractivity contribution < 1.29 is 5.11 Å². The standard InChI is InChI=1S/C13H21ClN2O/c1-10(11-5-4-6-12(14)7-11)15-8-13(17)9-16(2)3/h4-7,10,13,15,17H,8-9H2,1-3H3. The molecule has 0 saturated carbocycles. The van der Waals surface area contributed by atoms with E-state index in [1.54, 1.807) is 0 Å². The van der Waals surface area contributed by atoms with Crippen LogP contribution in [-0.4, -0.2) is 43.3 Å². The van der Waals surface area contributed by atoms with Crippen molar-refractivity contribution in [1.29, 1.82) is 0 Å². The van der Waals surface area contributed by atoms with Crippen LogP contribution in [0.25, 0.3) is 0 Å². The molecule has 0 aliphatic heterocycles. The van der Waals surface area contributed by atoms with Gasteiger partial charge in [-0.15, -0.1) is 0 Å². The second-order valence-corrected chi connectivity index (χ2v) is 5.04. The Hall–Kier alpha value is -0.610. The fourth-order valence-corrected chi connectivity index (χ4v) is 1.89. The Balaban J connectivity index is 2.42. The van der Waals surface area contributed by atoms with E-state index >= 15 is 0 Å². The highest BCUT2D eigenvalue weighted by molar-refractivity contribution is 6.30. The van der Waals surface area contributed by atoms with E-state index < -0.39 is 0 Å². The molecule has 1 rings (SSSR count). The molecule has 1 aromatic rings. The Labute approximate surface area is 108 Å². The summed E-state index contributed by atoms with van der Waals surface area (Å²) in [6.07, 6.45) is -0.355. The molecular weight excluding hydrogens is 236 g/mol. The summed E-state index contributed by atoms with van der Waals surface area (Å²) in [6, 6.07) is 7.95. The second-order valence-electron chi connectivity index (χ2n) is 4.60. The van der Waals surface area contributed by atoms with Gasteiger partial charge in [0, 0.05) is 24.2 Å². The summed E-state index contributed by atoms with van der Waals surface area (Å²) in [6.45, 7) is 3.30. The number of aliphatic hydroxyl groups excluding tert-OH is 1. The third-order valence-electron chi connectivity index (χ3n) is 2.58. The molecule has 0 bridgehead atoms. The molecule has 3 nitrogen and oxygen atoms in total. The van der Waals surface area contributed by atoms with Gasteiger partial charge in [-0.2, -0.15) is 0 Å². The maximum absolute atomic E-state index is 9.74. The van der Waals surface area contributed by atoms with Crippen LogP contribution in [0, 0.1) is 0 Å². The molecule has 0 fully saturated rings. The summed E-state index contributed by atoms with van der Waals surface area (Å²) >= 11 is 5.94. The number of hydrogen-bond acceptors (Lipinski definition) is 3. The number of likely N-dealkylation sites (N-methyl/N-ethyl adjacent to an activating group) is 1. The maximum Gasteiger partial charge on any atom is 0.0791 e. The molecule has 0 amide bonds. The summed E-state index contributed by atoms with van der Waals surface area (Å²) in [5.74, 6) is 0. The van der Waals surface area contributed by atoms with Crippen molar-refractivity contribution >= 4 is 11.6 Å². The van der Waals surface area contributed by atoms with Gasteiger partial charge in [0.05, 0.1) is 6.10 Å². The van der Waals surface area contributed by atoms with Crippen LogP contribution in [0.1, 0.15) is 18.5 Å². The van der Waals surface area contributed by atoms with Gasteiger partial charge in [-0.3, -0.25) is 0 Å². The smallest absolute Gasteiger partial charge is 0.0791 e. The van der Waals surface area contributed by atoms with Gasteiger partial charge >= 0.3 is 0 Å². The van der Waals surface area contributed by atoms with Crippen molar-refractivity contribution in [3.8, 4) is 0 Å². The van der Waals surface area contributed by atoms with Gasteiger partial charge in [0.25, 0.3) is 0 Å². The second kappa shape index (κ2) is 6.97. The highest BCUT2D eigenvalue weighted by atomic mass is 35.5. The van der Waals surface area contributed by atoms with Crippen molar-refractivity contribution in [2.24, 2.45) is 0 Å². The van der Waals surface area contributed by atoms with Gasteiger partial charge in [-0.1, -0.05) is 23.7 Å². The van der Waals surface area contributed by atoms with Gasteiger partial charge in [0.1, 0.15) is 0 Å². The quantitative estimate of drug-likeness (QED) is 0.816. The molecule has 4 heteroatoms. The van der Waals surface area contributed by atoms with E-state index in [-0.39, 0.29) is 12.1 Å². The number of rotatable bonds is 6. The van der Waals surface area contributed by atoms with E-state index in [1.807, 2.05) is 43.3 Å². The Bertz CT molecular complexity index is 344. The summed E-state index contributed by atoms with van der Waals surface area (Å²) in [5, 5.41) is 13.8. The van der Waals surface area contributed by atoms with E-state index in [1.165, 1.54) is 0 Å². The molecule has 0 spiro atoms. The van der Waals surface area contributed by atoms with Crippen molar-refractivity contribution in [2.45, 2.75) is 19.1 Å². The number of benzene rings is 1. The molecule has 96 valence electrons. The Morgan fingerprint density at radius 1 is 1.41 bits per heavy atom. The van der Waals surface area contributed by atoms with Crippen molar-refractivity contribution in [2.75, 3.05) is 27.2 Å². The minimum Gasteiger partial charge on any atom is -0.390 e. The molecule has 0 aliphatic rings. The fraction of sp³-hybridized carbons (Fsp3) is 0.538. The zero-order valence-electron chi connectivity index (χ0n) is 10.7. The average Bonchev–Trinajstić information content (AvgIpc) is 2.25. The number of nitrogens with one attached hydrogen (secondary N) is 1. The highest BCUT2D eigenvalue weighted by Gasteiger charge is 2.09. The SMILES string of the molecule is CC(NCC(O)CN(C)C)c1cccc(Cl)c1. The van der Waals surface area contributed by atoms with Gasteiger partial charge in [0.15, 0.2) is 0 Å². The molecule has 2 N–H and O–H groups in total. The van der Waals surface area contributed by atoms with Crippen molar-refractivity contribution in [1.82, 2.24) is 10.2 Å². The molecule has 17 heavy (non-hydrogen) atoms. The largest absolute Gasteiger partial charge is 0.390 e. The van der Waals surface area contributed by atoms with Gasteiger partial charge < -0.3 is 15.3 Å². The minimum atomic E-state index is -0.355. The van der Waals surface area contributed by atoms with Crippen LogP contribution in [0.3, 0.4) is 0 Å². The molecular formula is C13H21ClN2O. The Kier molecular flexibility index (Phi) is 5.92. The molecule has 0 saturated heterocycles. The van der Waals surface area contributed by atoms with Crippen LogP contribution in [-0.2, 0) is 0 Å². The summed E-state index contributed by atoms with van der Waals surface area (Å²) in [7, 11) is 3.90. The van der Waals surface area contributed by atoms with Crippen LogP contribution in [0.15, 0.2) is 24.3 Å². The molecule has 0 aliphatic carbocycles. The lowest BCUT2D eigenvalue weighted by Gasteiger charge is -2.20. The van der Waals surface area contributed by atoms with E-state index in [4.69, 9.17) is 11.6 Å². The zero-order valence-corrected chi connectivity index (χ0v) is 11.4. The third kappa shape index (κ3) is 5.50. The number of hydrogen-bond donors (Lipinski definition) is 2. The Morgan fingerprint density at radius 2 is 2.12 bits per heavy atom. The fourth-order valence-electron chi connectivity index (χ4n) is 1.69. The molecule has 0 aromatic heterocycles. The lowest BCUT2D eigenvalue weighted by Crippen LogP contribution is -2.36. The van der Waals surface area contributed by atoms with Crippen LogP contribution in [0.2, 0.25) is 5.02 Å². The number of aliphatic hydroxyl groups is 1. The lowest BCUT2D eigenvalue weighted by molar-refractivity contribution is 0.132. The first kappa shape index (κ1) is 14.5. The van der Waals surface area contributed by atoms with Crippen LogP contribution in [0.4, 0.5) is 0 Å². The van der Waals surface area contributed by atoms with Gasteiger partial charge in [-0.25, -0.2) is 0 Å². The molecule has 2 unspecified atom stereocenters. The van der Waals surface area contributed by atoms with Gasteiger partial charge in [0.2, 0.25) is 0 Å². The zero-order chi connectivity index (χ0) is 12.8. The van der Waals surface area contributed by atoms with Gasteiger partial charge in [-0.05, 0) is 38.7 Å². The van der Waals surface area contributed by atoms with E-state index in [0.717, 1.165) is 10.6 Å². The average molecular weight is 257 g/mol. The predicted molar refractivity (Wildman–Crippen MR) is 72.4 cm³/mol. The van der Waals surface area contributed by atoms with E-state index in [2.05, 4.69) is 12.2 Å². The molecule has 2 atom stereocenters. The molecule has 1 aromatic carbocycles. The van der Waals surface area contributed by atoms with E-state index in [9.17, 15) is 5.11 Å². The molecule has 0 heterocycles.